The first-order valence-electron chi connectivity index (χ1n) is 8.17. The minimum absolute atomic E-state index is 0. The first kappa shape index (κ1) is 22.8. The number of carbonyl (C=O) groups is 2. The van der Waals surface area contributed by atoms with Crippen molar-refractivity contribution in [3.8, 4) is 5.75 Å². The van der Waals surface area contributed by atoms with E-state index in [2.05, 4.69) is 16.0 Å². The van der Waals surface area contributed by atoms with Crippen LogP contribution in [-0.2, 0) is 9.59 Å². The summed E-state index contributed by atoms with van der Waals surface area (Å²) in [6.07, 6.45) is 0.473. The lowest BCUT2D eigenvalue weighted by Gasteiger charge is -2.13. The van der Waals surface area contributed by atoms with Crippen molar-refractivity contribution in [2.45, 2.75) is 32.8 Å². The highest BCUT2D eigenvalue weighted by molar-refractivity contribution is 5.88. The standard InChI is InChI=1S/C17H27N3O4.H2O/c1-3-17(23)19-9-8-15(22)12-18-10-11-24-16-6-4-14(5-7-16)20-13(2)21;/h4-7,15,18,22H,3,8-12H2,1-2H3,(H,19,23)(H,20,21);1H2. The van der Waals surface area contributed by atoms with Crippen LogP contribution in [0.1, 0.15) is 26.7 Å². The third-order valence-corrected chi connectivity index (χ3v) is 3.22. The number of nitrogens with one attached hydrogen (secondary N) is 3. The van der Waals surface area contributed by atoms with Gasteiger partial charge in [0.2, 0.25) is 11.8 Å². The molecule has 8 nitrogen and oxygen atoms in total. The Balaban J connectivity index is 0.00000576. The molecule has 0 fully saturated rings. The average Bonchev–Trinajstić information content (AvgIpc) is 2.55. The van der Waals surface area contributed by atoms with E-state index in [0.717, 1.165) is 5.69 Å². The lowest BCUT2D eigenvalue weighted by atomic mass is 10.2. The Labute approximate surface area is 148 Å². The number of aliphatic hydroxyl groups excluding tert-OH is 1. The predicted octanol–water partition coefficient (Wildman–Crippen LogP) is 0.0659. The Bertz CT molecular complexity index is 508. The molecule has 1 rings (SSSR count). The molecule has 1 atom stereocenters. The molecular weight excluding hydrogens is 326 g/mol. The van der Waals surface area contributed by atoms with Gasteiger partial charge in [0.05, 0.1) is 6.10 Å². The van der Waals surface area contributed by atoms with Crippen LogP contribution < -0.4 is 20.7 Å². The molecule has 1 aromatic rings. The van der Waals surface area contributed by atoms with Gasteiger partial charge in [-0.15, -0.1) is 0 Å². The Morgan fingerprint density at radius 1 is 1.20 bits per heavy atom. The van der Waals surface area contributed by atoms with E-state index in [1.807, 2.05) is 0 Å². The van der Waals surface area contributed by atoms with Crippen LogP contribution in [0.5, 0.6) is 5.75 Å². The van der Waals surface area contributed by atoms with Crippen molar-refractivity contribution in [1.29, 1.82) is 0 Å². The van der Waals surface area contributed by atoms with Gasteiger partial charge in [-0.25, -0.2) is 0 Å². The zero-order valence-electron chi connectivity index (χ0n) is 14.8. The molecule has 6 N–H and O–H groups in total. The molecule has 142 valence electrons. The van der Waals surface area contributed by atoms with Crippen LogP contribution in [0, 0.1) is 0 Å². The maximum absolute atomic E-state index is 11.1. The van der Waals surface area contributed by atoms with Crippen LogP contribution in [0.15, 0.2) is 24.3 Å². The van der Waals surface area contributed by atoms with Crippen molar-refractivity contribution < 1.29 is 24.9 Å². The van der Waals surface area contributed by atoms with Gasteiger partial charge in [-0.05, 0) is 30.7 Å². The summed E-state index contributed by atoms with van der Waals surface area (Å²) in [5.74, 6) is 0.600. The smallest absolute Gasteiger partial charge is 0.221 e. The summed E-state index contributed by atoms with van der Waals surface area (Å²) in [6, 6.07) is 7.13. The summed E-state index contributed by atoms with van der Waals surface area (Å²) < 4.78 is 5.56. The molecule has 0 saturated heterocycles. The molecule has 0 aliphatic rings. The topological polar surface area (TPSA) is 131 Å². The summed E-state index contributed by atoms with van der Waals surface area (Å²) >= 11 is 0. The number of aliphatic hydroxyl groups is 1. The molecule has 0 spiro atoms. The van der Waals surface area contributed by atoms with Gasteiger partial charge in [0, 0.05) is 38.7 Å². The lowest BCUT2D eigenvalue weighted by Crippen LogP contribution is -2.33. The number of carbonyl (C=O) groups excluding carboxylic acids is 2. The maximum Gasteiger partial charge on any atom is 0.221 e. The van der Waals surface area contributed by atoms with Gasteiger partial charge >= 0.3 is 0 Å². The fraction of sp³-hybridized carbons (Fsp3) is 0.529. The largest absolute Gasteiger partial charge is 0.492 e. The number of anilines is 1. The highest BCUT2D eigenvalue weighted by Crippen LogP contribution is 2.15. The normalized spacial score (nSPS) is 11.2. The number of ether oxygens (including phenoxy) is 1. The number of rotatable bonds is 11. The molecule has 0 aliphatic carbocycles. The summed E-state index contributed by atoms with van der Waals surface area (Å²) in [4.78, 5) is 22.0. The molecule has 0 aliphatic heterocycles. The van der Waals surface area contributed by atoms with Crippen LogP contribution in [0.2, 0.25) is 0 Å². The highest BCUT2D eigenvalue weighted by atomic mass is 16.5. The van der Waals surface area contributed by atoms with Gasteiger partial charge in [-0.2, -0.15) is 0 Å². The van der Waals surface area contributed by atoms with E-state index in [-0.39, 0.29) is 17.3 Å². The van der Waals surface area contributed by atoms with Crippen molar-refractivity contribution in [3.05, 3.63) is 24.3 Å². The fourth-order valence-electron chi connectivity index (χ4n) is 1.95. The second-order valence-corrected chi connectivity index (χ2v) is 5.40. The van der Waals surface area contributed by atoms with Gasteiger partial charge in [0.25, 0.3) is 0 Å². The zero-order chi connectivity index (χ0) is 17.8. The second kappa shape index (κ2) is 13.2. The van der Waals surface area contributed by atoms with Gasteiger partial charge in [0.15, 0.2) is 0 Å². The van der Waals surface area contributed by atoms with Gasteiger partial charge in [-0.1, -0.05) is 6.92 Å². The van der Waals surface area contributed by atoms with Gasteiger partial charge < -0.3 is 31.3 Å². The first-order chi connectivity index (χ1) is 11.5. The van der Waals surface area contributed by atoms with Crippen molar-refractivity contribution in [2.24, 2.45) is 0 Å². The minimum Gasteiger partial charge on any atom is -0.492 e. The van der Waals surface area contributed by atoms with Crippen LogP contribution >= 0.6 is 0 Å². The Morgan fingerprint density at radius 2 is 1.88 bits per heavy atom. The molecule has 1 unspecified atom stereocenters. The van der Waals surface area contributed by atoms with E-state index in [9.17, 15) is 14.7 Å². The van der Waals surface area contributed by atoms with E-state index >= 15 is 0 Å². The monoisotopic (exact) mass is 355 g/mol. The summed E-state index contributed by atoms with van der Waals surface area (Å²) in [6.45, 7) is 5.26. The van der Waals surface area contributed by atoms with E-state index in [0.29, 0.717) is 44.8 Å². The number of hydrogen-bond acceptors (Lipinski definition) is 5. The number of hydrogen-bond donors (Lipinski definition) is 4. The number of benzene rings is 1. The van der Waals surface area contributed by atoms with Gasteiger partial charge in [0.1, 0.15) is 12.4 Å². The van der Waals surface area contributed by atoms with Crippen molar-refractivity contribution in [3.63, 3.8) is 0 Å². The Kier molecular flexibility index (Phi) is 12.0. The Morgan fingerprint density at radius 3 is 2.48 bits per heavy atom. The summed E-state index contributed by atoms with van der Waals surface area (Å²) in [5.41, 5.74) is 0.728. The zero-order valence-corrected chi connectivity index (χ0v) is 14.8. The SMILES string of the molecule is CCC(=O)NCCC(O)CNCCOc1ccc(NC(C)=O)cc1.O. The first-order valence-corrected chi connectivity index (χ1v) is 8.17. The fourth-order valence-corrected chi connectivity index (χ4v) is 1.95. The molecule has 0 saturated carbocycles. The van der Waals surface area contributed by atoms with E-state index in [1.54, 1.807) is 31.2 Å². The molecule has 25 heavy (non-hydrogen) atoms. The van der Waals surface area contributed by atoms with E-state index < -0.39 is 6.10 Å². The van der Waals surface area contributed by atoms with Crippen LogP contribution in [-0.4, -0.2) is 54.7 Å². The van der Waals surface area contributed by atoms with Gasteiger partial charge in [-0.3, -0.25) is 9.59 Å². The molecule has 1 aromatic carbocycles. The van der Waals surface area contributed by atoms with Crippen LogP contribution in [0.3, 0.4) is 0 Å². The van der Waals surface area contributed by atoms with Crippen LogP contribution in [0.4, 0.5) is 5.69 Å². The highest BCUT2D eigenvalue weighted by Gasteiger charge is 2.04. The lowest BCUT2D eigenvalue weighted by molar-refractivity contribution is -0.120. The van der Waals surface area contributed by atoms with Crippen molar-refractivity contribution >= 4 is 17.5 Å². The second-order valence-electron chi connectivity index (χ2n) is 5.40. The predicted molar refractivity (Wildman–Crippen MR) is 96.6 cm³/mol. The summed E-state index contributed by atoms with van der Waals surface area (Å²) in [5, 5.41) is 18.3. The summed E-state index contributed by atoms with van der Waals surface area (Å²) in [7, 11) is 0. The molecule has 0 aromatic heterocycles. The number of amides is 2. The quantitative estimate of drug-likeness (QED) is 0.417. The molecule has 2 amide bonds. The van der Waals surface area contributed by atoms with Crippen molar-refractivity contribution in [2.75, 3.05) is 31.6 Å². The Hall–Kier alpha value is -2.16. The molecule has 0 heterocycles. The van der Waals surface area contributed by atoms with E-state index in [1.165, 1.54) is 6.92 Å². The minimum atomic E-state index is -0.501. The molecule has 8 heteroatoms. The molecule has 0 bridgehead atoms. The third kappa shape index (κ3) is 11.1. The van der Waals surface area contributed by atoms with Crippen LogP contribution in [0.25, 0.3) is 0 Å². The molecular formula is C17H29N3O5. The maximum atomic E-state index is 11.1. The average molecular weight is 355 g/mol. The molecule has 0 radical (unpaired) electrons. The third-order valence-electron chi connectivity index (χ3n) is 3.22. The van der Waals surface area contributed by atoms with E-state index in [4.69, 9.17) is 4.74 Å². The van der Waals surface area contributed by atoms with Crippen molar-refractivity contribution in [1.82, 2.24) is 10.6 Å².